The van der Waals surface area contributed by atoms with Gasteiger partial charge in [-0.3, -0.25) is 4.79 Å². The molecule has 0 fully saturated rings. The average molecular weight is 407 g/mol. The van der Waals surface area contributed by atoms with Crippen LogP contribution in [0.25, 0.3) is 0 Å². The van der Waals surface area contributed by atoms with Crippen LogP contribution in [0.5, 0.6) is 11.5 Å². The molecule has 0 radical (unpaired) electrons. The highest BCUT2D eigenvalue weighted by atomic mass is 19.3. The molecule has 0 bridgehead atoms. The van der Waals surface area contributed by atoms with Crippen molar-refractivity contribution in [2.75, 3.05) is 19.8 Å². The summed E-state index contributed by atoms with van der Waals surface area (Å²) in [5, 5.41) is 2.62. The molecule has 0 saturated heterocycles. The molecule has 0 aromatic heterocycles. The van der Waals surface area contributed by atoms with Crippen LogP contribution in [0.4, 0.5) is 8.78 Å². The van der Waals surface area contributed by atoms with Crippen LogP contribution in [-0.2, 0) is 27.2 Å². The summed E-state index contributed by atoms with van der Waals surface area (Å²) in [6.45, 7) is -1.26. The predicted molar refractivity (Wildman–Crippen MR) is 102 cm³/mol. The number of hydrogen-bond acceptors (Lipinski definition) is 5. The summed E-state index contributed by atoms with van der Waals surface area (Å²) < 4.78 is 38.8. The Morgan fingerprint density at radius 3 is 2.45 bits per heavy atom. The second-order valence-electron chi connectivity index (χ2n) is 6.03. The largest absolute Gasteiger partial charge is 0.482 e. The fourth-order valence-corrected chi connectivity index (χ4v) is 2.50. The number of nitrogens with one attached hydrogen (secondary N) is 1. The van der Waals surface area contributed by atoms with Gasteiger partial charge in [-0.15, -0.1) is 0 Å². The molecule has 8 heteroatoms. The van der Waals surface area contributed by atoms with Crippen LogP contribution in [0.1, 0.15) is 18.1 Å². The third-order valence-corrected chi connectivity index (χ3v) is 3.95. The van der Waals surface area contributed by atoms with E-state index in [1.807, 2.05) is 25.1 Å². The lowest BCUT2D eigenvalue weighted by Gasteiger charge is -2.10. The van der Waals surface area contributed by atoms with Crippen LogP contribution in [-0.4, -0.2) is 38.2 Å². The smallest absolute Gasteiger partial charge is 0.387 e. The van der Waals surface area contributed by atoms with Crippen LogP contribution in [0.2, 0.25) is 0 Å². The number of carbonyl (C=O) groups excluding carboxylic acids is 2. The molecule has 2 rings (SSSR count). The van der Waals surface area contributed by atoms with Gasteiger partial charge < -0.3 is 19.5 Å². The van der Waals surface area contributed by atoms with E-state index in [-0.39, 0.29) is 12.4 Å². The van der Waals surface area contributed by atoms with Crippen molar-refractivity contribution in [3.05, 3.63) is 59.7 Å². The number of ether oxygens (including phenoxy) is 3. The number of alkyl halides is 2. The zero-order valence-corrected chi connectivity index (χ0v) is 16.0. The van der Waals surface area contributed by atoms with E-state index in [4.69, 9.17) is 9.47 Å². The van der Waals surface area contributed by atoms with Gasteiger partial charge >= 0.3 is 12.6 Å². The molecule has 0 aliphatic rings. The summed E-state index contributed by atoms with van der Waals surface area (Å²) in [5.74, 6) is -0.393. The van der Waals surface area contributed by atoms with Crippen LogP contribution < -0.4 is 14.8 Å². The van der Waals surface area contributed by atoms with Crippen molar-refractivity contribution >= 4 is 11.9 Å². The molecule has 0 aliphatic heterocycles. The van der Waals surface area contributed by atoms with Gasteiger partial charge in [0, 0.05) is 6.54 Å². The van der Waals surface area contributed by atoms with E-state index < -0.39 is 25.1 Å². The molecule has 156 valence electrons. The van der Waals surface area contributed by atoms with Crippen molar-refractivity contribution in [2.24, 2.45) is 0 Å². The van der Waals surface area contributed by atoms with Crippen molar-refractivity contribution in [1.82, 2.24) is 5.32 Å². The van der Waals surface area contributed by atoms with Crippen molar-refractivity contribution in [1.29, 1.82) is 0 Å². The Labute approximate surface area is 167 Å². The SMILES string of the molecule is CCc1ccccc1OCC(=O)OCC(=O)NCCc1ccc(OC(F)F)cc1. The number of amides is 1. The molecule has 1 amide bonds. The molecule has 0 unspecified atom stereocenters. The summed E-state index contributed by atoms with van der Waals surface area (Å²) in [6.07, 6.45) is 1.27. The number of esters is 1. The van der Waals surface area contributed by atoms with Gasteiger partial charge in [0.1, 0.15) is 11.5 Å². The third-order valence-electron chi connectivity index (χ3n) is 3.95. The Kier molecular flexibility index (Phi) is 8.88. The van der Waals surface area contributed by atoms with Crippen molar-refractivity contribution in [3.63, 3.8) is 0 Å². The molecule has 6 nitrogen and oxygen atoms in total. The number of para-hydroxylation sites is 1. The highest BCUT2D eigenvalue weighted by Gasteiger charge is 2.10. The second kappa shape index (κ2) is 11.6. The molecule has 29 heavy (non-hydrogen) atoms. The zero-order valence-electron chi connectivity index (χ0n) is 16.0. The summed E-state index contributed by atoms with van der Waals surface area (Å²) in [5.41, 5.74) is 1.82. The van der Waals surface area contributed by atoms with Gasteiger partial charge in [0.2, 0.25) is 0 Å². The van der Waals surface area contributed by atoms with E-state index in [0.29, 0.717) is 18.7 Å². The minimum absolute atomic E-state index is 0.0727. The minimum atomic E-state index is -2.87. The Balaban J connectivity index is 1.63. The highest BCUT2D eigenvalue weighted by Crippen LogP contribution is 2.18. The fraction of sp³-hybridized carbons (Fsp3) is 0.333. The topological polar surface area (TPSA) is 73.9 Å². The van der Waals surface area contributed by atoms with Crippen molar-refractivity contribution < 1.29 is 32.6 Å². The van der Waals surface area contributed by atoms with E-state index >= 15 is 0 Å². The minimum Gasteiger partial charge on any atom is -0.482 e. The van der Waals surface area contributed by atoms with Crippen LogP contribution in [0, 0.1) is 0 Å². The molecule has 0 heterocycles. The fourth-order valence-electron chi connectivity index (χ4n) is 2.50. The van der Waals surface area contributed by atoms with Crippen LogP contribution >= 0.6 is 0 Å². The lowest BCUT2D eigenvalue weighted by Crippen LogP contribution is -2.31. The third kappa shape index (κ3) is 8.16. The molecule has 2 aromatic rings. The normalized spacial score (nSPS) is 10.5. The van der Waals surface area contributed by atoms with Gasteiger partial charge in [0.05, 0.1) is 0 Å². The Bertz CT molecular complexity index is 796. The number of halogens is 2. The molecular formula is C21H23F2NO5. The summed E-state index contributed by atoms with van der Waals surface area (Å²) in [4.78, 5) is 23.5. The van der Waals surface area contributed by atoms with E-state index in [9.17, 15) is 18.4 Å². The molecule has 0 aliphatic carbocycles. The first-order chi connectivity index (χ1) is 14.0. The quantitative estimate of drug-likeness (QED) is 0.580. The van der Waals surface area contributed by atoms with E-state index in [2.05, 4.69) is 10.1 Å². The van der Waals surface area contributed by atoms with Crippen molar-refractivity contribution in [3.8, 4) is 11.5 Å². The number of carbonyl (C=O) groups is 2. The first-order valence-corrected chi connectivity index (χ1v) is 9.14. The first-order valence-electron chi connectivity index (χ1n) is 9.14. The monoisotopic (exact) mass is 407 g/mol. The number of benzene rings is 2. The molecular weight excluding hydrogens is 384 g/mol. The number of rotatable bonds is 11. The Morgan fingerprint density at radius 1 is 1.03 bits per heavy atom. The molecule has 0 spiro atoms. The standard InChI is InChI=1S/C21H23F2NO5/c1-2-16-5-3-4-6-18(16)27-14-20(26)28-13-19(25)24-12-11-15-7-9-17(10-8-15)29-21(22)23/h3-10,21H,2,11-14H2,1H3,(H,24,25). The molecule has 0 saturated carbocycles. The maximum atomic E-state index is 12.1. The van der Waals surface area contributed by atoms with Crippen LogP contribution in [0.15, 0.2) is 48.5 Å². The van der Waals surface area contributed by atoms with Crippen LogP contribution in [0.3, 0.4) is 0 Å². The first kappa shape index (κ1) is 22.1. The zero-order chi connectivity index (χ0) is 21.1. The number of hydrogen-bond donors (Lipinski definition) is 1. The maximum absolute atomic E-state index is 12.1. The van der Waals surface area contributed by atoms with E-state index in [0.717, 1.165) is 17.5 Å². The van der Waals surface area contributed by atoms with E-state index in [1.165, 1.54) is 12.1 Å². The lowest BCUT2D eigenvalue weighted by atomic mass is 10.1. The Morgan fingerprint density at radius 2 is 1.76 bits per heavy atom. The van der Waals surface area contributed by atoms with Crippen molar-refractivity contribution in [2.45, 2.75) is 26.4 Å². The Hall–Kier alpha value is -3.16. The average Bonchev–Trinajstić information content (AvgIpc) is 2.71. The summed E-state index contributed by atoms with van der Waals surface area (Å²) >= 11 is 0. The second-order valence-corrected chi connectivity index (χ2v) is 6.03. The summed E-state index contributed by atoms with van der Waals surface area (Å²) in [7, 11) is 0. The predicted octanol–water partition coefficient (Wildman–Crippen LogP) is 3.13. The highest BCUT2D eigenvalue weighted by molar-refractivity contribution is 5.80. The van der Waals surface area contributed by atoms with Gasteiger partial charge in [-0.05, 0) is 42.2 Å². The molecule has 2 aromatic carbocycles. The summed E-state index contributed by atoms with van der Waals surface area (Å²) in [6, 6.07) is 13.5. The van der Waals surface area contributed by atoms with Gasteiger partial charge in [-0.25, -0.2) is 4.79 Å². The van der Waals surface area contributed by atoms with Gasteiger partial charge in [-0.2, -0.15) is 8.78 Å². The van der Waals surface area contributed by atoms with Gasteiger partial charge in [0.25, 0.3) is 5.91 Å². The number of aryl methyl sites for hydroxylation is 1. The molecule has 0 atom stereocenters. The van der Waals surface area contributed by atoms with E-state index in [1.54, 1.807) is 18.2 Å². The van der Waals surface area contributed by atoms with Gasteiger partial charge in [0.15, 0.2) is 13.2 Å². The maximum Gasteiger partial charge on any atom is 0.387 e. The van der Waals surface area contributed by atoms with Gasteiger partial charge in [-0.1, -0.05) is 37.3 Å². The molecule has 1 N–H and O–H groups in total. The lowest BCUT2D eigenvalue weighted by molar-refractivity contribution is -0.150.